The van der Waals surface area contributed by atoms with Crippen molar-refractivity contribution in [3.63, 3.8) is 0 Å². The molecule has 3 aromatic rings. The highest BCUT2D eigenvalue weighted by Crippen LogP contribution is 2.40. The van der Waals surface area contributed by atoms with E-state index in [0.717, 1.165) is 10.6 Å². The van der Waals surface area contributed by atoms with Gasteiger partial charge in [-0.2, -0.15) is 9.61 Å². The summed E-state index contributed by atoms with van der Waals surface area (Å²) >= 11 is 19.8. The average molecular weight is 342 g/mol. The number of rotatable bonds is 1. The lowest BCUT2D eigenvalue weighted by atomic mass is 10.4. The summed E-state index contributed by atoms with van der Waals surface area (Å²) in [6.45, 7) is 1.84. The van der Waals surface area contributed by atoms with Gasteiger partial charge in [0.25, 0.3) is 0 Å². The largest absolute Gasteiger partial charge is 0.243 e. The van der Waals surface area contributed by atoms with E-state index in [1.165, 1.54) is 27.4 Å². The average Bonchev–Trinajstić information content (AvgIpc) is 2.90. The van der Waals surface area contributed by atoms with Crippen LogP contribution in [-0.4, -0.2) is 29.4 Å². The van der Waals surface area contributed by atoms with E-state index >= 15 is 0 Å². The minimum Gasteiger partial charge on any atom is -0.181 e. The van der Waals surface area contributed by atoms with Gasteiger partial charge in [0.15, 0.2) is 10.8 Å². The molecule has 11 heteroatoms. The Morgan fingerprint density at radius 3 is 2.56 bits per heavy atom. The SMILES string of the molecule is Cc1nnsc1-c1nnc2sc(C(Cl)(Cl)Cl)nn12. The van der Waals surface area contributed by atoms with Gasteiger partial charge in [0.1, 0.15) is 4.88 Å². The third-order valence-corrected chi connectivity index (χ3v) is 4.80. The third-order valence-electron chi connectivity index (χ3n) is 2.09. The van der Waals surface area contributed by atoms with Crippen LogP contribution in [0.2, 0.25) is 0 Å². The van der Waals surface area contributed by atoms with Crippen LogP contribution in [0, 0.1) is 6.92 Å². The predicted molar refractivity (Wildman–Crippen MR) is 71.5 cm³/mol. The first-order chi connectivity index (χ1) is 8.47. The molecule has 0 unspecified atom stereocenters. The lowest BCUT2D eigenvalue weighted by molar-refractivity contribution is 0.917. The Labute approximate surface area is 124 Å². The molecular weight excluding hydrogens is 339 g/mol. The standard InChI is InChI=1S/C7H3Cl3N6S2/c1-2-3(18-15-11-2)4-12-13-6-16(4)14-5(17-6)7(8,9)10/h1H3. The molecule has 94 valence electrons. The zero-order valence-electron chi connectivity index (χ0n) is 8.63. The number of hydrogen-bond acceptors (Lipinski definition) is 7. The van der Waals surface area contributed by atoms with Gasteiger partial charge < -0.3 is 0 Å². The number of nitrogens with zero attached hydrogens (tertiary/aromatic N) is 6. The highest BCUT2D eigenvalue weighted by Gasteiger charge is 2.29. The zero-order chi connectivity index (χ0) is 12.9. The van der Waals surface area contributed by atoms with Crippen molar-refractivity contribution in [2.75, 3.05) is 0 Å². The molecule has 6 nitrogen and oxygen atoms in total. The molecule has 0 aliphatic heterocycles. The summed E-state index contributed by atoms with van der Waals surface area (Å²) in [6, 6.07) is 0. The van der Waals surface area contributed by atoms with Crippen LogP contribution in [0.15, 0.2) is 0 Å². The van der Waals surface area contributed by atoms with Gasteiger partial charge in [0.2, 0.25) is 8.75 Å². The second-order valence-corrected chi connectivity index (χ2v) is 7.30. The molecule has 0 N–H and O–H groups in total. The summed E-state index contributed by atoms with van der Waals surface area (Å²) in [4.78, 5) is 1.35. The monoisotopic (exact) mass is 340 g/mol. The summed E-state index contributed by atoms with van der Waals surface area (Å²) < 4.78 is 3.81. The van der Waals surface area contributed by atoms with Crippen LogP contribution in [0.3, 0.4) is 0 Å². The van der Waals surface area contributed by atoms with Crippen LogP contribution in [0.1, 0.15) is 10.7 Å². The highest BCUT2D eigenvalue weighted by molar-refractivity contribution is 7.18. The molecule has 0 radical (unpaired) electrons. The van der Waals surface area contributed by atoms with Crippen LogP contribution in [0.25, 0.3) is 15.7 Å². The van der Waals surface area contributed by atoms with E-state index in [-0.39, 0.29) is 0 Å². The molecule has 18 heavy (non-hydrogen) atoms. The van der Waals surface area contributed by atoms with E-state index < -0.39 is 3.79 Å². The van der Waals surface area contributed by atoms with Gasteiger partial charge in [-0.25, -0.2) is 0 Å². The fraction of sp³-hybridized carbons (Fsp3) is 0.286. The van der Waals surface area contributed by atoms with Crippen molar-refractivity contribution in [2.24, 2.45) is 0 Å². The first kappa shape index (κ1) is 12.5. The quantitative estimate of drug-likeness (QED) is 0.637. The van der Waals surface area contributed by atoms with Crippen molar-refractivity contribution in [3.8, 4) is 10.7 Å². The minimum absolute atomic E-state index is 0.341. The summed E-state index contributed by atoms with van der Waals surface area (Å²) in [6.07, 6.45) is 0. The second-order valence-electron chi connectivity index (χ2n) is 3.31. The number of fused-ring (bicyclic) bond motifs is 1. The molecule has 0 amide bonds. The van der Waals surface area contributed by atoms with Crippen molar-refractivity contribution in [1.82, 2.24) is 29.4 Å². The van der Waals surface area contributed by atoms with Crippen molar-refractivity contribution in [2.45, 2.75) is 10.7 Å². The van der Waals surface area contributed by atoms with Crippen molar-refractivity contribution >= 4 is 62.6 Å². The topological polar surface area (TPSA) is 68.9 Å². The third kappa shape index (κ3) is 1.97. The Morgan fingerprint density at radius 2 is 1.94 bits per heavy atom. The molecule has 3 heterocycles. The number of aromatic nitrogens is 6. The van der Waals surface area contributed by atoms with E-state index in [2.05, 4.69) is 24.9 Å². The van der Waals surface area contributed by atoms with Crippen LogP contribution < -0.4 is 0 Å². The van der Waals surface area contributed by atoms with E-state index in [1.807, 2.05) is 6.92 Å². The number of halogens is 3. The van der Waals surface area contributed by atoms with E-state index in [0.29, 0.717) is 15.8 Å². The Morgan fingerprint density at radius 1 is 1.17 bits per heavy atom. The summed E-state index contributed by atoms with van der Waals surface area (Å²) in [5, 5.41) is 16.5. The molecule has 0 fully saturated rings. The number of hydrogen-bond donors (Lipinski definition) is 0. The van der Waals surface area contributed by atoms with Crippen molar-refractivity contribution in [1.29, 1.82) is 0 Å². The fourth-order valence-corrected chi connectivity index (χ4v) is 3.10. The van der Waals surface area contributed by atoms with E-state index in [1.54, 1.807) is 0 Å². The molecule has 0 aliphatic rings. The van der Waals surface area contributed by atoms with Crippen LogP contribution in [0.4, 0.5) is 0 Å². The summed E-state index contributed by atoms with van der Waals surface area (Å²) in [5.41, 5.74) is 0.762. The Balaban J connectivity index is 2.20. The smallest absolute Gasteiger partial charge is 0.181 e. The molecule has 0 aromatic carbocycles. The molecule has 0 atom stereocenters. The maximum atomic E-state index is 5.79. The fourth-order valence-electron chi connectivity index (χ4n) is 1.31. The molecule has 0 saturated carbocycles. The Hall–Kier alpha value is -0.540. The van der Waals surface area contributed by atoms with Gasteiger partial charge in [-0.15, -0.1) is 15.3 Å². The van der Waals surface area contributed by atoms with Gasteiger partial charge in [-0.3, -0.25) is 0 Å². The van der Waals surface area contributed by atoms with Crippen LogP contribution >= 0.6 is 57.7 Å². The van der Waals surface area contributed by atoms with Crippen molar-refractivity contribution < 1.29 is 0 Å². The van der Waals surface area contributed by atoms with E-state index in [4.69, 9.17) is 34.8 Å². The molecular formula is C7H3Cl3N6S2. The predicted octanol–water partition coefficient (Wildman–Crippen LogP) is 2.84. The summed E-state index contributed by atoms with van der Waals surface area (Å²) in [7, 11) is 0. The molecule has 3 rings (SSSR count). The van der Waals surface area contributed by atoms with Crippen molar-refractivity contribution in [3.05, 3.63) is 10.7 Å². The highest BCUT2D eigenvalue weighted by atomic mass is 35.6. The Kier molecular flexibility index (Phi) is 2.94. The molecule has 0 saturated heterocycles. The van der Waals surface area contributed by atoms with Crippen LogP contribution in [0.5, 0.6) is 0 Å². The minimum atomic E-state index is -1.57. The maximum Gasteiger partial charge on any atom is 0.243 e. The second kappa shape index (κ2) is 4.24. The van der Waals surface area contributed by atoms with E-state index in [9.17, 15) is 0 Å². The van der Waals surface area contributed by atoms with Gasteiger partial charge in [0, 0.05) is 0 Å². The lowest BCUT2D eigenvalue weighted by Gasteiger charge is -2.03. The van der Waals surface area contributed by atoms with Crippen LogP contribution in [-0.2, 0) is 3.79 Å². The number of alkyl halides is 3. The normalized spacial score (nSPS) is 12.4. The van der Waals surface area contributed by atoms with Gasteiger partial charge in [-0.1, -0.05) is 50.6 Å². The molecule has 0 spiro atoms. The number of aryl methyl sites for hydroxylation is 1. The lowest BCUT2D eigenvalue weighted by Crippen LogP contribution is -2.01. The zero-order valence-corrected chi connectivity index (χ0v) is 12.5. The van der Waals surface area contributed by atoms with Gasteiger partial charge >= 0.3 is 0 Å². The van der Waals surface area contributed by atoms with Gasteiger partial charge in [-0.05, 0) is 18.5 Å². The Bertz CT molecular complexity index is 710. The maximum absolute atomic E-state index is 5.79. The van der Waals surface area contributed by atoms with Gasteiger partial charge in [0.05, 0.1) is 5.69 Å². The first-order valence-corrected chi connectivity index (χ1v) is 7.28. The molecule has 0 bridgehead atoms. The summed E-state index contributed by atoms with van der Waals surface area (Å²) in [5.74, 6) is 0.550. The molecule has 0 aliphatic carbocycles. The molecule has 3 aromatic heterocycles. The first-order valence-electron chi connectivity index (χ1n) is 4.55.